The number of amides is 2. The van der Waals surface area contributed by atoms with Gasteiger partial charge >= 0.3 is 6.03 Å². The van der Waals surface area contributed by atoms with Crippen molar-refractivity contribution in [3.63, 3.8) is 0 Å². The first-order valence-electron chi connectivity index (χ1n) is 11.6. The third kappa shape index (κ3) is 3.95. The first kappa shape index (κ1) is 21.4. The minimum atomic E-state index is -0.563. The molecule has 0 spiro atoms. The summed E-state index contributed by atoms with van der Waals surface area (Å²) in [5.41, 5.74) is 0.547. The Morgan fingerprint density at radius 2 is 1.82 bits per heavy atom. The highest BCUT2D eigenvalue weighted by Gasteiger charge is 2.51. The molecule has 1 aromatic carbocycles. The van der Waals surface area contributed by atoms with Gasteiger partial charge in [-0.15, -0.1) is 0 Å². The summed E-state index contributed by atoms with van der Waals surface area (Å²) in [6.45, 7) is 1.70. The van der Waals surface area contributed by atoms with Crippen LogP contribution >= 0.6 is 0 Å². The number of carbonyl (C=O) groups is 1. The van der Waals surface area contributed by atoms with E-state index in [2.05, 4.69) is 10.3 Å². The zero-order valence-electron chi connectivity index (χ0n) is 18.8. The normalized spacial score (nSPS) is 27.6. The molecule has 7 nitrogen and oxygen atoms in total. The van der Waals surface area contributed by atoms with Crippen molar-refractivity contribution in [3.05, 3.63) is 62.9 Å². The maximum Gasteiger partial charge on any atom is 0.341 e. The number of aromatic nitrogens is 1. The van der Waals surface area contributed by atoms with Crippen molar-refractivity contribution in [2.24, 2.45) is 22.7 Å². The third-order valence-corrected chi connectivity index (χ3v) is 7.75. The van der Waals surface area contributed by atoms with E-state index in [1.807, 2.05) is 36.4 Å². The van der Waals surface area contributed by atoms with E-state index in [4.69, 9.17) is 0 Å². The molecule has 2 amide bonds. The molecule has 1 heterocycles. The Hall–Kier alpha value is -3.40. The lowest BCUT2D eigenvalue weighted by Gasteiger charge is -2.56. The molecule has 4 bridgehead atoms. The number of nitrogens with zero attached hydrogens (tertiary/aromatic N) is 3. The zero-order valence-corrected chi connectivity index (χ0v) is 18.8. The SMILES string of the molecule is Cc1c(/C=N\C(=O)NC23CC4CC(CC(C4)C2)C3)c(O)n(Cc2ccccc2)c(=O)c1C#N. The number of benzene rings is 1. The summed E-state index contributed by atoms with van der Waals surface area (Å²) in [6.07, 6.45) is 8.19. The number of nitrogens with one attached hydrogen (secondary N) is 1. The Morgan fingerprint density at radius 3 is 2.39 bits per heavy atom. The Bertz CT molecular complexity index is 1190. The van der Waals surface area contributed by atoms with Crippen LogP contribution in [0.4, 0.5) is 4.79 Å². The van der Waals surface area contributed by atoms with E-state index in [1.165, 1.54) is 25.5 Å². The number of pyridine rings is 1. The highest BCUT2D eigenvalue weighted by atomic mass is 16.3. The van der Waals surface area contributed by atoms with Gasteiger partial charge in [0.05, 0.1) is 12.1 Å². The van der Waals surface area contributed by atoms with Crippen LogP contribution in [0.2, 0.25) is 0 Å². The van der Waals surface area contributed by atoms with Gasteiger partial charge in [-0.3, -0.25) is 9.36 Å². The van der Waals surface area contributed by atoms with Crippen LogP contribution in [-0.4, -0.2) is 27.5 Å². The van der Waals surface area contributed by atoms with Crippen molar-refractivity contribution in [1.29, 1.82) is 5.26 Å². The summed E-state index contributed by atoms with van der Waals surface area (Å²) in [7, 11) is 0. The molecule has 4 fully saturated rings. The predicted molar refractivity (Wildman–Crippen MR) is 124 cm³/mol. The lowest BCUT2D eigenvalue weighted by molar-refractivity contribution is -0.0129. The summed E-state index contributed by atoms with van der Waals surface area (Å²) < 4.78 is 1.15. The van der Waals surface area contributed by atoms with E-state index in [1.54, 1.807) is 6.92 Å². The molecular formula is C26H28N4O3. The van der Waals surface area contributed by atoms with Gasteiger partial charge in [-0.1, -0.05) is 30.3 Å². The first-order chi connectivity index (χ1) is 15.9. The number of hydrogen-bond acceptors (Lipinski definition) is 4. The fourth-order valence-electron chi connectivity index (χ4n) is 6.68. The second kappa shape index (κ2) is 8.18. The number of urea groups is 1. The molecule has 4 saturated carbocycles. The van der Waals surface area contributed by atoms with Gasteiger partial charge in [-0.25, -0.2) is 9.79 Å². The number of rotatable bonds is 4. The Balaban J connectivity index is 1.42. The largest absolute Gasteiger partial charge is 0.494 e. The average molecular weight is 445 g/mol. The van der Waals surface area contributed by atoms with Gasteiger partial charge in [0.2, 0.25) is 5.88 Å². The highest BCUT2D eigenvalue weighted by molar-refractivity contribution is 5.94. The van der Waals surface area contributed by atoms with Crippen LogP contribution in [0.3, 0.4) is 0 Å². The Morgan fingerprint density at radius 1 is 1.21 bits per heavy atom. The third-order valence-electron chi connectivity index (χ3n) is 7.75. The minimum absolute atomic E-state index is 0.0633. The van der Waals surface area contributed by atoms with Crippen molar-refractivity contribution < 1.29 is 9.90 Å². The number of aromatic hydroxyl groups is 1. The van der Waals surface area contributed by atoms with Gasteiger partial charge in [-0.05, 0) is 74.3 Å². The van der Waals surface area contributed by atoms with E-state index in [0.717, 1.165) is 29.4 Å². The van der Waals surface area contributed by atoms with Gasteiger partial charge in [0.25, 0.3) is 5.56 Å². The highest BCUT2D eigenvalue weighted by Crippen LogP contribution is 2.55. The molecule has 0 saturated heterocycles. The Labute approximate surface area is 192 Å². The Kier molecular flexibility index (Phi) is 5.32. The molecule has 0 aliphatic heterocycles. The molecule has 6 rings (SSSR count). The number of nitriles is 1. The standard InChI is InChI=1S/C26H28N4O3/c1-16-21(13-27)23(31)30(15-17-5-3-2-4-6-17)24(32)22(16)14-28-25(33)29-26-10-18-7-19(11-26)9-20(8-18)12-26/h2-6,14,18-20,32H,7-12,15H2,1H3,(H,29,33)/b28-14-. The fraction of sp³-hybridized carbons (Fsp3) is 0.462. The number of carbonyl (C=O) groups excluding carboxylic acids is 1. The van der Waals surface area contributed by atoms with Crippen LogP contribution in [0.25, 0.3) is 0 Å². The van der Waals surface area contributed by atoms with E-state index in [-0.39, 0.29) is 29.1 Å². The van der Waals surface area contributed by atoms with Crippen LogP contribution in [0.15, 0.2) is 40.1 Å². The van der Waals surface area contributed by atoms with Gasteiger partial charge in [0.1, 0.15) is 11.6 Å². The molecule has 2 N–H and O–H groups in total. The fourth-order valence-corrected chi connectivity index (χ4v) is 6.68. The average Bonchev–Trinajstić information content (AvgIpc) is 2.76. The maximum atomic E-state index is 12.8. The molecule has 0 atom stereocenters. The first-order valence-corrected chi connectivity index (χ1v) is 11.6. The topological polar surface area (TPSA) is 107 Å². The quantitative estimate of drug-likeness (QED) is 0.698. The second-order valence-corrected chi connectivity index (χ2v) is 10.1. The molecule has 7 heteroatoms. The van der Waals surface area contributed by atoms with Gasteiger partial charge in [-0.2, -0.15) is 5.26 Å². The van der Waals surface area contributed by atoms with Crippen LogP contribution in [0.5, 0.6) is 5.88 Å². The molecule has 4 aliphatic carbocycles. The molecule has 4 aliphatic rings. The van der Waals surface area contributed by atoms with Crippen LogP contribution in [-0.2, 0) is 6.54 Å². The molecule has 33 heavy (non-hydrogen) atoms. The van der Waals surface area contributed by atoms with Crippen molar-refractivity contribution in [2.45, 2.75) is 57.5 Å². The molecule has 0 unspecified atom stereocenters. The van der Waals surface area contributed by atoms with Crippen LogP contribution < -0.4 is 10.9 Å². The van der Waals surface area contributed by atoms with E-state index < -0.39 is 11.6 Å². The van der Waals surface area contributed by atoms with Crippen molar-refractivity contribution in [2.75, 3.05) is 0 Å². The molecular weight excluding hydrogens is 416 g/mol. The van der Waals surface area contributed by atoms with Crippen LogP contribution in [0.1, 0.15) is 60.8 Å². The second-order valence-electron chi connectivity index (χ2n) is 10.1. The minimum Gasteiger partial charge on any atom is -0.494 e. The number of aliphatic imine (C=N–C) groups is 1. The summed E-state index contributed by atoms with van der Waals surface area (Å²) in [4.78, 5) is 29.7. The van der Waals surface area contributed by atoms with E-state index in [0.29, 0.717) is 23.3 Å². The number of hydrogen-bond donors (Lipinski definition) is 2. The van der Waals surface area contributed by atoms with Crippen molar-refractivity contribution >= 4 is 12.2 Å². The lowest BCUT2D eigenvalue weighted by atomic mass is 9.53. The maximum absolute atomic E-state index is 12.8. The van der Waals surface area contributed by atoms with E-state index >= 15 is 0 Å². The zero-order chi connectivity index (χ0) is 23.2. The molecule has 0 radical (unpaired) electrons. The van der Waals surface area contributed by atoms with E-state index in [9.17, 15) is 20.0 Å². The summed E-state index contributed by atoms with van der Waals surface area (Å²) in [5.74, 6) is 1.80. The van der Waals surface area contributed by atoms with Crippen molar-refractivity contribution in [1.82, 2.24) is 9.88 Å². The summed E-state index contributed by atoms with van der Waals surface area (Å²) in [5, 5.41) is 23.6. The molecule has 1 aromatic heterocycles. The van der Waals surface area contributed by atoms with Gasteiger partial charge < -0.3 is 10.4 Å². The summed E-state index contributed by atoms with van der Waals surface area (Å²) >= 11 is 0. The lowest BCUT2D eigenvalue weighted by Crippen LogP contribution is -2.59. The van der Waals surface area contributed by atoms with Gasteiger partial charge in [0, 0.05) is 11.8 Å². The van der Waals surface area contributed by atoms with Gasteiger partial charge in [0.15, 0.2) is 0 Å². The predicted octanol–water partition coefficient (Wildman–Crippen LogP) is 3.88. The molecule has 170 valence electrons. The smallest absolute Gasteiger partial charge is 0.341 e. The van der Waals surface area contributed by atoms with Crippen LogP contribution in [0, 0.1) is 36.0 Å². The van der Waals surface area contributed by atoms with Crippen molar-refractivity contribution in [3.8, 4) is 11.9 Å². The molecule has 2 aromatic rings. The summed E-state index contributed by atoms with van der Waals surface area (Å²) in [6, 6.07) is 10.7. The monoisotopic (exact) mass is 444 g/mol.